The van der Waals surface area contributed by atoms with Gasteiger partial charge in [0.2, 0.25) is 0 Å². The third-order valence-corrected chi connectivity index (χ3v) is 5.64. The topological polar surface area (TPSA) is 100 Å². The number of nitrogens with zero attached hydrogens (tertiary/aromatic N) is 1. The van der Waals surface area contributed by atoms with Crippen molar-refractivity contribution in [3.8, 4) is 0 Å². The molecule has 1 unspecified atom stereocenters. The smallest absolute Gasteiger partial charge is 0.294 e. The summed E-state index contributed by atoms with van der Waals surface area (Å²) in [7, 11) is 1.60. The summed E-state index contributed by atoms with van der Waals surface area (Å²) < 4.78 is 15.0. The van der Waals surface area contributed by atoms with E-state index in [1.807, 2.05) is 12.2 Å². The standard InChI is InChI=1S/C24H26FN3O4/c1-13-11-17(9-10-18(13)25)27-23(31)20-14(2)21(28(4)15(20)3)22(30)24(32)26-12-19(29)16-7-5-6-8-16/h5,7-11,19,29H,6,12H2,1-4H3,(H,26,32)(H,27,31). The molecule has 2 amide bonds. The van der Waals surface area contributed by atoms with Crippen LogP contribution >= 0.6 is 0 Å². The van der Waals surface area contributed by atoms with Crippen molar-refractivity contribution in [2.45, 2.75) is 33.3 Å². The quantitative estimate of drug-likeness (QED) is 0.456. The minimum Gasteiger partial charge on any atom is -0.387 e. The summed E-state index contributed by atoms with van der Waals surface area (Å²) in [6, 6.07) is 4.23. The van der Waals surface area contributed by atoms with Gasteiger partial charge in [-0.3, -0.25) is 14.4 Å². The molecule has 3 N–H and O–H groups in total. The fourth-order valence-corrected chi connectivity index (χ4v) is 3.77. The molecule has 0 saturated heterocycles. The van der Waals surface area contributed by atoms with Crippen molar-refractivity contribution >= 4 is 23.3 Å². The molecule has 1 atom stereocenters. The van der Waals surface area contributed by atoms with Crippen LogP contribution in [-0.2, 0) is 11.8 Å². The lowest BCUT2D eigenvalue weighted by Crippen LogP contribution is -2.38. The summed E-state index contributed by atoms with van der Waals surface area (Å²) >= 11 is 0. The maximum atomic E-state index is 13.5. The van der Waals surface area contributed by atoms with E-state index in [9.17, 15) is 23.9 Å². The number of Topliss-reactive ketones (excluding diaryl/α,β-unsaturated/α-hetero) is 1. The van der Waals surface area contributed by atoms with E-state index in [-0.39, 0.29) is 23.6 Å². The summed E-state index contributed by atoms with van der Waals surface area (Å²) in [5.74, 6) is -2.50. The van der Waals surface area contributed by atoms with Crippen LogP contribution in [-0.4, -0.2) is 39.9 Å². The van der Waals surface area contributed by atoms with Crippen LogP contribution in [0.15, 0.2) is 42.0 Å². The van der Waals surface area contributed by atoms with Crippen molar-refractivity contribution < 1.29 is 23.9 Å². The molecule has 1 aromatic carbocycles. The molecule has 168 valence electrons. The SMILES string of the molecule is Cc1cc(NC(=O)c2c(C)c(C(=O)C(=O)NCC(O)C3=CCC=C3)n(C)c2C)ccc1F. The van der Waals surface area contributed by atoms with Crippen molar-refractivity contribution in [2.24, 2.45) is 7.05 Å². The van der Waals surface area contributed by atoms with Gasteiger partial charge in [0.25, 0.3) is 17.6 Å². The van der Waals surface area contributed by atoms with Gasteiger partial charge in [0.15, 0.2) is 0 Å². The maximum absolute atomic E-state index is 13.5. The van der Waals surface area contributed by atoms with E-state index in [2.05, 4.69) is 10.6 Å². The zero-order chi connectivity index (χ0) is 23.6. The number of aryl methyl sites for hydroxylation is 1. The number of halogens is 1. The number of anilines is 1. The number of carbonyl (C=O) groups is 3. The molecule has 0 fully saturated rings. The molecule has 8 heteroatoms. The normalized spacial score (nSPS) is 13.6. The Hall–Kier alpha value is -3.52. The second-order valence-electron chi connectivity index (χ2n) is 7.81. The van der Waals surface area contributed by atoms with Crippen molar-refractivity contribution in [1.82, 2.24) is 9.88 Å². The minimum absolute atomic E-state index is 0.0925. The number of ketones is 1. The molecule has 1 aliphatic carbocycles. The van der Waals surface area contributed by atoms with E-state index in [0.29, 0.717) is 28.1 Å². The molecule has 0 saturated carbocycles. The average Bonchev–Trinajstić information content (AvgIpc) is 3.36. The molecule has 32 heavy (non-hydrogen) atoms. The molecule has 1 heterocycles. The lowest BCUT2D eigenvalue weighted by Gasteiger charge is -2.12. The predicted octanol–water partition coefficient (Wildman–Crippen LogP) is 2.89. The first kappa shape index (κ1) is 23.1. The summed E-state index contributed by atoms with van der Waals surface area (Å²) in [5, 5.41) is 15.3. The van der Waals surface area contributed by atoms with Crippen molar-refractivity contribution in [3.63, 3.8) is 0 Å². The van der Waals surface area contributed by atoms with Crippen molar-refractivity contribution in [1.29, 1.82) is 0 Å². The number of hydrogen-bond acceptors (Lipinski definition) is 4. The Bertz CT molecular complexity index is 1160. The van der Waals surface area contributed by atoms with Crippen molar-refractivity contribution in [2.75, 3.05) is 11.9 Å². The Morgan fingerprint density at radius 2 is 1.94 bits per heavy atom. The second kappa shape index (κ2) is 9.32. The monoisotopic (exact) mass is 439 g/mol. The van der Waals surface area contributed by atoms with Gasteiger partial charge in [-0.25, -0.2) is 4.39 Å². The van der Waals surface area contributed by atoms with Crippen LogP contribution in [0.3, 0.4) is 0 Å². The van der Waals surface area contributed by atoms with Crippen molar-refractivity contribution in [3.05, 3.63) is 75.9 Å². The molecule has 1 aromatic heterocycles. The molecule has 0 spiro atoms. The molecule has 0 radical (unpaired) electrons. The predicted molar refractivity (Wildman–Crippen MR) is 119 cm³/mol. The van der Waals surface area contributed by atoms with Crippen LogP contribution in [0.4, 0.5) is 10.1 Å². The van der Waals surface area contributed by atoms with Crippen LogP contribution in [0.25, 0.3) is 0 Å². The number of aliphatic hydroxyl groups is 1. The van der Waals surface area contributed by atoms with E-state index < -0.39 is 23.7 Å². The van der Waals surface area contributed by atoms with Crippen LogP contribution in [0.2, 0.25) is 0 Å². The number of amides is 2. The van der Waals surface area contributed by atoms with Crippen LogP contribution in [0.5, 0.6) is 0 Å². The van der Waals surface area contributed by atoms with Gasteiger partial charge in [-0.1, -0.05) is 18.2 Å². The number of hydrogen-bond donors (Lipinski definition) is 3. The molecule has 0 aliphatic heterocycles. The molecule has 7 nitrogen and oxygen atoms in total. The van der Waals surface area contributed by atoms with Gasteiger partial charge in [-0.15, -0.1) is 0 Å². The van der Waals surface area contributed by atoms with E-state index in [1.165, 1.54) is 22.8 Å². The first-order valence-corrected chi connectivity index (χ1v) is 10.2. The lowest BCUT2D eigenvalue weighted by molar-refractivity contribution is -0.117. The summed E-state index contributed by atoms with van der Waals surface area (Å²) in [6.07, 6.45) is 5.33. The Balaban J connectivity index is 1.77. The highest BCUT2D eigenvalue weighted by Crippen LogP contribution is 2.24. The van der Waals surface area contributed by atoms with E-state index in [1.54, 1.807) is 33.9 Å². The first-order chi connectivity index (χ1) is 15.1. The highest BCUT2D eigenvalue weighted by molar-refractivity contribution is 6.43. The largest absolute Gasteiger partial charge is 0.387 e. The number of aromatic nitrogens is 1. The van der Waals surface area contributed by atoms with Gasteiger partial charge in [-0.05, 0) is 62.1 Å². The Morgan fingerprint density at radius 3 is 2.56 bits per heavy atom. The molecule has 3 rings (SSSR count). The van der Waals surface area contributed by atoms with Gasteiger partial charge >= 0.3 is 0 Å². The summed E-state index contributed by atoms with van der Waals surface area (Å²) in [6.45, 7) is 4.77. The number of nitrogens with one attached hydrogen (secondary N) is 2. The summed E-state index contributed by atoms with van der Waals surface area (Å²) in [5.41, 5.74) is 2.74. The maximum Gasteiger partial charge on any atom is 0.294 e. The first-order valence-electron chi connectivity index (χ1n) is 10.2. The van der Waals surface area contributed by atoms with Gasteiger partial charge in [0, 0.05) is 25.0 Å². The highest BCUT2D eigenvalue weighted by Gasteiger charge is 2.29. The Labute approximate surface area is 185 Å². The van der Waals surface area contributed by atoms with Crippen LogP contribution < -0.4 is 10.6 Å². The molecular formula is C24H26FN3O4. The fraction of sp³-hybridized carbons (Fsp3) is 0.292. The molecular weight excluding hydrogens is 413 g/mol. The number of carbonyl (C=O) groups excluding carboxylic acids is 3. The zero-order valence-electron chi connectivity index (χ0n) is 18.5. The molecule has 0 bridgehead atoms. The van der Waals surface area contributed by atoms with Gasteiger partial charge < -0.3 is 20.3 Å². The van der Waals surface area contributed by atoms with Gasteiger partial charge in [0.1, 0.15) is 5.82 Å². The molecule has 1 aliphatic rings. The highest BCUT2D eigenvalue weighted by atomic mass is 19.1. The van der Waals surface area contributed by atoms with E-state index in [0.717, 1.165) is 6.42 Å². The third-order valence-electron chi connectivity index (χ3n) is 5.64. The lowest BCUT2D eigenvalue weighted by atomic mass is 10.1. The Kier molecular flexibility index (Phi) is 6.74. The third kappa shape index (κ3) is 4.55. The fourth-order valence-electron chi connectivity index (χ4n) is 3.77. The summed E-state index contributed by atoms with van der Waals surface area (Å²) in [4.78, 5) is 38.2. The van der Waals surface area contributed by atoms with E-state index >= 15 is 0 Å². The average molecular weight is 439 g/mol. The van der Waals surface area contributed by atoms with Gasteiger partial charge in [0.05, 0.1) is 17.4 Å². The van der Waals surface area contributed by atoms with Gasteiger partial charge in [-0.2, -0.15) is 0 Å². The number of allylic oxidation sites excluding steroid dienone is 2. The second-order valence-corrected chi connectivity index (χ2v) is 7.81. The number of rotatable bonds is 7. The molecule has 2 aromatic rings. The van der Waals surface area contributed by atoms with Crippen LogP contribution in [0.1, 0.15) is 44.1 Å². The minimum atomic E-state index is -0.901. The number of benzene rings is 1. The van der Waals surface area contributed by atoms with E-state index in [4.69, 9.17) is 0 Å². The Morgan fingerprint density at radius 1 is 1.22 bits per heavy atom. The number of aliphatic hydroxyl groups excluding tert-OH is 1. The zero-order valence-corrected chi connectivity index (χ0v) is 18.5. The van der Waals surface area contributed by atoms with Crippen LogP contribution in [0, 0.1) is 26.6 Å².